The van der Waals surface area contributed by atoms with Gasteiger partial charge in [0.05, 0.1) is 0 Å². The molecule has 0 aliphatic carbocycles. The molecule has 0 aromatic carbocycles. The van der Waals surface area contributed by atoms with Gasteiger partial charge in [0.1, 0.15) is 0 Å². The summed E-state index contributed by atoms with van der Waals surface area (Å²) in [7, 11) is 4.09. The highest BCUT2D eigenvalue weighted by Gasteiger charge is 2.38. The maximum absolute atomic E-state index is 11.3. The van der Waals surface area contributed by atoms with E-state index in [-0.39, 0.29) is 5.84 Å². The Kier molecular flexibility index (Phi) is 2.50. The molecule has 7 nitrogen and oxygen atoms in total. The highest BCUT2D eigenvalue weighted by atomic mass is 16.2. The second-order valence-electron chi connectivity index (χ2n) is 2.70. The molecule has 0 saturated carbocycles. The van der Waals surface area contributed by atoms with Gasteiger partial charge in [-0.25, -0.2) is 9.59 Å². The van der Waals surface area contributed by atoms with E-state index in [0.29, 0.717) is 0 Å². The van der Waals surface area contributed by atoms with Crippen molar-refractivity contribution in [3.8, 4) is 0 Å². The van der Waals surface area contributed by atoms with Crippen molar-refractivity contribution in [2.24, 2.45) is 4.99 Å². The highest BCUT2D eigenvalue weighted by Crippen LogP contribution is 2.08. The van der Waals surface area contributed by atoms with Crippen LogP contribution in [-0.2, 0) is 4.79 Å². The number of nitrogens with one attached hydrogen (secondary N) is 1. The van der Waals surface area contributed by atoms with Crippen molar-refractivity contribution >= 4 is 23.8 Å². The van der Waals surface area contributed by atoms with E-state index in [1.165, 1.54) is 21.1 Å². The minimum absolute atomic E-state index is 0.170. The van der Waals surface area contributed by atoms with Gasteiger partial charge in [-0.2, -0.15) is 4.99 Å². The maximum Gasteiger partial charge on any atom is 0.342 e. The molecule has 0 radical (unpaired) electrons. The van der Waals surface area contributed by atoms with Gasteiger partial charge in [-0.3, -0.25) is 14.6 Å². The Morgan fingerprint density at radius 2 is 1.86 bits per heavy atom. The van der Waals surface area contributed by atoms with Crippen LogP contribution in [0.25, 0.3) is 0 Å². The second kappa shape index (κ2) is 3.44. The number of urea groups is 2. The fourth-order valence-electron chi connectivity index (χ4n) is 0.971. The number of likely N-dealkylation sites (N-methyl/N-ethyl adjacent to an activating group) is 2. The van der Waals surface area contributed by atoms with Crippen LogP contribution in [0.3, 0.4) is 0 Å². The van der Waals surface area contributed by atoms with E-state index < -0.39 is 18.0 Å². The summed E-state index contributed by atoms with van der Waals surface area (Å²) in [6.45, 7) is 0. The first-order valence-corrected chi connectivity index (χ1v) is 3.85. The lowest BCUT2D eigenvalue weighted by molar-refractivity contribution is -0.119. The predicted octanol–water partition coefficient (Wildman–Crippen LogP) is -0.752. The van der Waals surface area contributed by atoms with E-state index >= 15 is 0 Å². The van der Waals surface area contributed by atoms with Crippen LogP contribution in [0.5, 0.6) is 0 Å². The van der Waals surface area contributed by atoms with Crippen LogP contribution in [0.1, 0.15) is 0 Å². The lowest BCUT2D eigenvalue weighted by Crippen LogP contribution is -2.28. The fourth-order valence-corrected chi connectivity index (χ4v) is 0.971. The minimum atomic E-state index is -0.664. The van der Waals surface area contributed by atoms with Crippen molar-refractivity contribution in [1.82, 2.24) is 15.1 Å². The van der Waals surface area contributed by atoms with Gasteiger partial charge in [0.2, 0.25) is 5.84 Å². The number of rotatable bonds is 0. The Balaban J connectivity index is 3.01. The van der Waals surface area contributed by atoms with E-state index in [4.69, 9.17) is 0 Å². The Labute approximate surface area is 80.4 Å². The SMILES string of the molecule is CNC(=O)/N=C1/C(=O)N(C)C(=O)N1C. The predicted molar refractivity (Wildman–Crippen MR) is 47.8 cm³/mol. The van der Waals surface area contributed by atoms with Gasteiger partial charge in [-0.1, -0.05) is 0 Å². The van der Waals surface area contributed by atoms with Crippen molar-refractivity contribution < 1.29 is 14.4 Å². The zero-order valence-corrected chi connectivity index (χ0v) is 8.07. The van der Waals surface area contributed by atoms with Crippen molar-refractivity contribution in [1.29, 1.82) is 0 Å². The van der Waals surface area contributed by atoms with E-state index in [2.05, 4.69) is 10.3 Å². The highest BCUT2D eigenvalue weighted by molar-refractivity contribution is 6.47. The second-order valence-corrected chi connectivity index (χ2v) is 2.70. The lowest BCUT2D eigenvalue weighted by atomic mass is 10.5. The zero-order chi connectivity index (χ0) is 10.9. The number of imide groups is 1. The summed E-state index contributed by atoms with van der Waals surface area (Å²) >= 11 is 0. The number of hydrogen-bond donors (Lipinski definition) is 1. The van der Waals surface area contributed by atoms with Crippen LogP contribution in [-0.4, -0.2) is 54.7 Å². The van der Waals surface area contributed by atoms with Crippen molar-refractivity contribution in [3.63, 3.8) is 0 Å². The standard InChI is InChI=1S/C7H10N4O3/c1-8-6(13)9-4-5(12)11(3)7(14)10(4)2/h1-3H3,(H,8,13)/b9-4-. The summed E-state index contributed by atoms with van der Waals surface area (Å²) in [6.07, 6.45) is 0. The number of aliphatic imine (C=N–C) groups is 1. The molecule has 0 unspecified atom stereocenters. The van der Waals surface area contributed by atoms with Crippen molar-refractivity contribution in [3.05, 3.63) is 0 Å². The van der Waals surface area contributed by atoms with E-state index in [9.17, 15) is 14.4 Å². The molecule has 0 aromatic heterocycles. The average Bonchev–Trinajstić information content (AvgIpc) is 2.35. The molecule has 0 atom stereocenters. The van der Waals surface area contributed by atoms with Gasteiger partial charge in [-0.05, 0) is 0 Å². The molecule has 7 heteroatoms. The first-order chi connectivity index (χ1) is 6.49. The third kappa shape index (κ3) is 1.43. The van der Waals surface area contributed by atoms with Crippen molar-refractivity contribution in [2.75, 3.05) is 21.1 Å². The molecule has 1 N–H and O–H groups in total. The van der Waals surface area contributed by atoms with Crippen LogP contribution in [0, 0.1) is 0 Å². The molecular formula is C7H10N4O3. The van der Waals surface area contributed by atoms with Crippen LogP contribution in [0.15, 0.2) is 4.99 Å². The number of carbonyl (C=O) groups is 3. The molecule has 0 aromatic rings. The summed E-state index contributed by atoms with van der Waals surface area (Å²) < 4.78 is 0. The van der Waals surface area contributed by atoms with E-state index in [1.807, 2.05) is 0 Å². The molecule has 0 bridgehead atoms. The summed E-state index contributed by atoms with van der Waals surface area (Å²) in [6, 6.07) is -1.17. The third-order valence-electron chi connectivity index (χ3n) is 1.81. The molecule has 1 fully saturated rings. The zero-order valence-electron chi connectivity index (χ0n) is 8.07. The van der Waals surface area contributed by atoms with Crippen molar-refractivity contribution in [2.45, 2.75) is 0 Å². The van der Waals surface area contributed by atoms with Gasteiger partial charge >= 0.3 is 12.1 Å². The molecule has 76 valence electrons. The average molecular weight is 198 g/mol. The lowest BCUT2D eigenvalue weighted by Gasteiger charge is -2.05. The van der Waals surface area contributed by atoms with E-state index in [0.717, 1.165) is 9.80 Å². The molecule has 1 rings (SSSR count). The molecule has 1 heterocycles. The third-order valence-corrected chi connectivity index (χ3v) is 1.81. The quantitative estimate of drug-likeness (QED) is 0.520. The van der Waals surface area contributed by atoms with Crippen LogP contribution >= 0.6 is 0 Å². The summed E-state index contributed by atoms with van der Waals surface area (Å²) in [5, 5.41) is 2.23. The largest absolute Gasteiger partial charge is 0.342 e. The Hall–Kier alpha value is -1.92. The summed E-state index contributed by atoms with van der Waals surface area (Å²) in [5.74, 6) is -0.752. The normalized spacial score (nSPS) is 19.5. The summed E-state index contributed by atoms with van der Waals surface area (Å²) in [4.78, 5) is 38.8. The number of amides is 5. The molecule has 1 aliphatic rings. The van der Waals surface area contributed by atoms with Gasteiger partial charge in [0.25, 0.3) is 5.91 Å². The van der Waals surface area contributed by atoms with Crippen LogP contribution in [0.4, 0.5) is 9.59 Å². The molecule has 5 amide bonds. The number of nitrogens with zero attached hydrogens (tertiary/aromatic N) is 3. The molecule has 1 saturated heterocycles. The first-order valence-electron chi connectivity index (χ1n) is 3.85. The first kappa shape index (κ1) is 10.2. The molecule has 0 spiro atoms. The van der Waals surface area contributed by atoms with Crippen LogP contribution in [0.2, 0.25) is 0 Å². The molecule has 1 aliphatic heterocycles. The topological polar surface area (TPSA) is 82.1 Å². The fraction of sp³-hybridized carbons (Fsp3) is 0.429. The smallest absolute Gasteiger partial charge is 0.339 e. The number of hydrogen-bond acceptors (Lipinski definition) is 3. The Bertz CT molecular complexity index is 336. The number of amidine groups is 1. The molecular weight excluding hydrogens is 188 g/mol. The minimum Gasteiger partial charge on any atom is -0.339 e. The van der Waals surface area contributed by atoms with Gasteiger partial charge < -0.3 is 5.32 Å². The maximum atomic E-state index is 11.3. The van der Waals surface area contributed by atoms with Gasteiger partial charge in [0.15, 0.2) is 0 Å². The van der Waals surface area contributed by atoms with Crippen LogP contribution < -0.4 is 5.32 Å². The van der Waals surface area contributed by atoms with E-state index in [1.54, 1.807) is 0 Å². The Morgan fingerprint density at radius 3 is 2.21 bits per heavy atom. The monoisotopic (exact) mass is 198 g/mol. The molecule has 14 heavy (non-hydrogen) atoms. The summed E-state index contributed by atoms with van der Waals surface area (Å²) in [5.41, 5.74) is 0. The van der Waals surface area contributed by atoms with Gasteiger partial charge in [0, 0.05) is 21.1 Å². The van der Waals surface area contributed by atoms with Gasteiger partial charge in [-0.15, -0.1) is 0 Å². The Morgan fingerprint density at radius 1 is 1.29 bits per heavy atom. The number of carbonyl (C=O) groups excluding carboxylic acids is 3.